The molecule has 1 aliphatic rings. The smallest absolute Gasteiger partial charge is 0.138 e. The summed E-state index contributed by atoms with van der Waals surface area (Å²) in [6.07, 6.45) is 10.9. The van der Waals surface area contributed by atoms with Crippen LogP contribution < -0.4 is 5.32 Å². The minimum absolute atomic E-state index is 0. The molecule has 0 aliphatic heterocycles. The Hall–Kier alpha value is -0.950. The number of ether oxygens (including phenoxy) is 2. The monoisotopic (exact) mass is 385 g/mol. The van der Waals surface area contributed by atoms with E-state index in [9.17, 15) is 0 Å². The van der Waals surface area contributed by atoms with Gasteiger partial charge in [-0.25, -0.2) is 9.97 Å². The highest BCUT2D eigenvalue weighted by Crippen LogP contribution is 2.30. The van der Waals surface area contributed by atoms with E-state index in [1.54, 1.807) is 24.8 Å². The van der Waals surface area contributed by atoms with Crippen LogP contribution in [0.4, 0.5) is 5.82 Å². The number of hydrogen-bond acceptors (Lipinski definition) is 6. The SMILES string of the molecule is COCCOCc1cc2c(NC3CCCCCCC3)ncnc2s1.Cl. The quantitative estimate of drug-likeness (QED) is 0.693. The fourth-order valence-corrected chi connectivity index (χ4v) is 4.13. The van der Waals surface area contributed by atoms with Crippen molar-refractivity contribution in [1.29, 1.82) is 0 Å². The van der Waals surface area contributed by atoms with Crippen molar-refractivity contribution < 1.29 is 9.47 Å². The Morgan fingerprint density at radius 1 is 1.12 bits per heavy atom. The van der Waals surface area contributed by atoms with Gasteiger partial charge in [0, 0.05) is 18.0 Å². The Morgan fingerprint density at radius 3 is 2.64 bits per heavy atom. The maximum Gasteiger partial charge on any atom is 0.138 e. The van der Waals surface area contributed by atoms with Gasteiger partial charge >= 0.3 is 0 Å². The van der Waals surface area contributed by atoms with Crippen LogP contribution in [0.5, 0.6) is 0 Å². The lowest BCUT2D eigenvalue weighted by molar-refractivity contribution is 0.0629. The molecule has 25 heavy (non-hydrogen) atoms. The molecule has 0 bridgehead atoms. The topological polar surface area (TPSA) is 56.3 Å². The first-order valence-corrected chi connectivity index (χ1v) is 9.75. The zero-order chi connectivity index (χ0) is 16.6. The third-order valence-electron chi connectivity index (χ3n) is 4.50. The van der Waals surface area contributed by atoms with Crippen LogP contribution in [0.2, 0.25) is 0 Å². The molecule has 2 aromatic rings. The first-order chi connectivity index (χ1) is 11.9. The molecule has 2 aromatic heterocycles. The summed E-state index contributed by atoms with van der Waals surface area (Å²) in [6, 6.07) is 2.70. The average Bonchev–Trinajstić information content (AvgIpc) is 2.98. The van der Waals surface area contributed by atoms with Crippen LogP contribution in [-0.4, -0.2) is 36.3 Å². The van der Waals surface area contributed by atoms with Gasteiger partial charge in [-0.3, -0.25) is 0 Å². The Labute approximate surface area is 159 Å². The molecule has 0 radical (unpaired) electrons. The Kier molecular flexibility index (Phi) is 8.89. The zero-order valence-corrected chi connectivity index (χ0v) is 16.5. The minimum atomic E-state index is 0. The average molecular weight is 386 g/mol. The molecule has 0 amide bonds. The summed E-state index contributed by atoms with van der Waals surface area (Å²) < 4.78 is 10.6. The number of anilines is 1. The first-order valence-electron chi connectivity index (χ1n) is 8.93. The number of halogens is 1. The summed E-state index contributed by atoms with van der Waals surface area (Å²) in [6.45, 7) is 1.84. The largest absolute Gasteiger partial charge is 0.382 e. The van der Waals surface area contributed by atoms with E-state index in [2.05, 4.69) is 21.4 Å². The molecule has 3 rings (SSSR count). The lowest BCUT2D eigenvalue weighted by Crippen LogP contribution is -2.21. The van der Waals surface area contributed by atoms with Crippen molar-refractivity contribution in [3.05, 3.63) is 17.3 Å². The molecule has 0 spiro atoms. The molecule has 1 aliphatic carbocycles. The summed E-state index contributed by atoms with van der Waals surface area (Å²) in [5.74, 6) is 0.977. The lowest BCUT2D eigenvalue weighted by atomic mass is 9.97. The summed E-state index contributed by atoms with van der Waals surface area (Å²) in [5.41, 5.74) is 0. The number of nitrogens with zero attached hydrogens (tertiary/aromatic N) is 2. The van der Waals surface area contributed by atoms with Crippen molar-refractivity contribution in [2.45, 2.75) is 57.6 Å². The van der Waals surface area contributed by atoms with Crippen LogP contribution in [0.3, 0.4) is 0 Å². The first kappa shape index (κ1) is 20.4. The molecule has 140 valence electrons. The molecular weight excluding hydrogens is 358 g/mol. The highest BCUT2D eigenvalue weighted by molar-refractivity contribution is 7.18. The molecule has 2 heterocycles. The van der Waals surface area contributed by atoms with Crippen molar-refractivity contribution in [1.82, 2.24) is 9.97 Å². The van der Waals surface area contributed by atoms with Gasteiger partial charge in [0.25, 0.3) is 0 Å². The normalized spacial score (nSPS) is 16.2. The van der Waals surface area contributed by atoms with Crippen molar-refractivity contribution >= 4 is 39.8 Å². The van der Waals surface area contributed by atoms with E-state index < -0.39 is 0 Å². The molecule has 7 heteroatoms. The van der Waals surface area contributed by atoms with Gasteiger partial charge in [-0.05, 0) is 18.9 Å². The van der Waals surface area contributed by atoms with Crippen LogP contribution in [-0.2, 0) is 16.1 Å². The van der Waals surface area contributed by atoms with Crippen molar-refractivity contribution in [3.8, 4) is 0 Å². The highest BCUT2D eigenvalue weighted by atomic mass is 35.5. The Bertz CT molecular complexity index is 630. The van der Waals surface area contributed by atoms with Crippen molar-refractivity contribution in [3.63, 3.8) is 0 Å². The number of aromatic nitrogens is 2. The van der Waals surface area contributed by atoms with E-state index in [1.807, 2.05) is 0 Å². The molecule has 0 saturated heterocycles. The fourth-order valence-electron chi connectivity index (χ4n) is 3.20. The van der Waals surface area contributed by atoms with Gasteiger partial charge in [0.05, 0.1) is 25.2 Å². The third-order valence-corrected chi connectivity index (χ3v) is 5.52. The number of thiophene rings is 1. The molecular formula is C18H28ClN3O2S. The van der Waals surface area contributed by atoms with Crippen molar-refractivity contribution in [2.75, 3.05) is 25.6 Å². The molecule has 1 fully saturated rings. The van der Waals surface area contributed by atoms with Gasteiger partial charge in [0.2, 0.25) is 0 Å². The zero-order valence-electron chi connectivity index (χ0n) is 14.8. The molecule has 1 saturated carbocycles. The second-order valence-electron chi connectivity index (χ2n) is 6.39. The molecule has 0 aromatic carbocycles. The summed E-state index contributed by atoms with van der Waals surface area (Å²) >= 11 is 1.68. The standard InChI is InChI=1S/C18H27N3O2S.ClH/c1-22-9-10-23-12-15-11-16-17(19-13-20-18(16)24-15)21-14-7-5-3-2-4-6-8-14;/h11,13-14H,2-10,12H2,1H3,(H,19,20,21);1H. The van der Waals surface area contributed by atoms with E-state index >= 15 is 0 Å². The highest BCUT2D eigenvalue weighted by Gasteiger charge is 2.15. The Morgan fingerprint density at radius 2 is 1.88 bits per heavy atom. The van der Waals surface area contributed by atoms with E-state index in [4.69, 9.17) is 9.47 Å². The molecule has 0 atom stereocenters. The maximum absolute atomic E-state index is 5.63. The summed E-state index contributed by atoms with van der Waals surface area (Å²) in [7, 11) is 1.69. The number of hydrogen-bond donors (Lipinski definition) is 1. The van der Waals surface area contributed by atoms with E-state index in [-0.39, 0.29) is 12.4 Å². The third kappa shape index (κ3) is 6.06. The van der Waals surface area contributed by atoms with Crippen LogP contribution in [0, 0.1) is 0 Å². The Balaban J connectivity index is 0.00000225. The van der Waals surface area contributed by atoms with E-state index in [0.717, 1.165) is 16.0 Å². The summed E-state index contributed by atoms with van der Waals surface area (Å²) in [5, 5.41) is 4.80. The van der Waals surface area contributed by atoms with Crippen LogP contribution in [0.1, 0.15) is 49.8 Å². The van der Waals surface area contributed by atoms with Crippen molar-refractivity contribution in [2.24, 2.45) is 0 Å². The second kappa shape index (κ2) is 10.9. The maximum atomic E-state index is 5.63. The predicted molar refractivity (Wildman–Crippen MR) is 106 cm³/mol. The molecule has 0 unspecified atom stereocenters. The summed E-state index contributed by atoms with van der Waals surface area (Å²) in [4.78, 5) is 11.1. The predicted octanol–water partition coefficient (Wildman–Crippen LogP) is 4.80. The van der Waals surface area contributed by atoms with Crippen LogP contribution >= 0.6 is 23.7 Å². The number of rotatable bonds is 7. The fraction of sp³-hybridized carbons (Fsp3) is 0.667. The molecule has 1 N–H and O–H groups in total. The number of methoxy groups -OCH3 is 1. The van der Waals surface area contributed by atoms with Gasteiger partial charge in [0.1, 0.15) is 17.0 Å². The van der Waals surface area contributed by atoms with Gasteiger partial charge in [-0.2, -0.15) is 0 Å². The second-order valence-corrected chi connectivity index (χ2v) is 7.50. The van der Waals surface area contributed by atoms with Gasteiger partial charge < -0.3 is 14.8 Å². The van der Waals surface area contributed by atoms with Crippen LogP contribution in [0.15, 0.2) is 12.4 Å². The minimum Gasteiger partial charge on any atom is -0.382 e. The molecule has 5 nitrogen and oxygen atoms in total. The van der Waals surface area contributed by atoms with E-state index in [0.29, 0.717) is 25.9 Å². The van der Waals surface area contributed by atoms with Crippen LogP contribution in [0.25, 0.3) is 10.2 Å². The van der Waals surface area contributed by atoms with Gasteiger partial charge in [-0.15, -0.1) is 23.7 Å². The lowest BCUT2D eigenvalue weighted by Gasteiger charge is -2.21. The van der Waals surface area contributed by atoms with Gasteiger partial charge in [0.15, 0.2) is 0 Å². The number of fused-ring (bicyclic) bond motifs is 1. The van der Waals surface area contributed by atoms with Gasteiger partial charge in [-0.1, -0.05) is 32.1 Å². The number of nitrogens with one attached hydrogen (secondary N) is 1. The van der Waals surface area contributed by atoms with E-state index in [1.165, 1.54) is 49.8 Å².